The van der Waals surface area contributed by atoms with E-state index >= 15 is 0 Å². The molecule has 0 atom stereocenters. The number of hydrazone groups is 1. The third-order valence-corrected chi connectivity index (χ3v) is 5.55. The van der Waals surface area contributed by atoms with Gasteiger partial charge in [0.05, 0.1) is 43.1 Å². The fourth-order valence-electron chi connectivity index (χ4n) is 3.78. The first-order chi connectivity index (χ1) is 17.2. The number of morpholine rings is 2. The van der Waals surface area contributed by atoms with Gasteiger partial charge in [-0.15, -0.1) is 0 Å². The number of benzene rings is 1. The minimum Gasteiger partial charge on any atom is -0.455 e. The summed E-state index contributed by atoms with van der Waals surface area (Å²) in [5.74, 6) is 2.20. The number of anilines is 3. The molecule has 182 valence electrons. The zero-order chi connectivity index (χ0) is 24.0. The number of nitro groups is 1. The number of rotatable bonds is 7. The fourth-order valence-corrected chi connectivity index (χ4v) is 3.78. The van der Waals surface area contributed by atoms with Gasteiger partial charge < -0.3 is 23.7 Å². The Morgan fingerprint density at radius 2 is 1.54 bits per heavy atom. The largest absolute Gasteiger partial charge is 0.455 e. The predicted octanol–water partition coefficient (Wildman–Crippen LogP) is 2.16. The number of hydrogen-bond acceptors (Lipinski definition) is 12. The van der Waals surface area contributed by atoms with Crippen molar-refractivity contribution >= 4 is 29.7 Å². The summed E-state index contributed by atoms with van der Waals surface area (Å²) >= 11 is 0. The van der Waals surface area contributed by atoms with Crippen molar-refractivity contribution in [1.29, 1.82) is 0 Å². The van der Waals surface area contributed by atoms with Gasteiger partial charge in [-0.25, -0.2) is 5.43 Å². The Morgan fingerprint density at radius 1 is 0.914 bits per heavy atom. The Morgan fingerprint density at radius 3 is 2.17 bits per heavy atom. The Labute approximate surface area is 200 Å². The summed E-state index contributed by atoms with van der Waals surface area (Å²) in [5, 5.41) is 15.5. The van der Waals surface area contributed by atoms with Crippen LogP contribution in [-0.2, 0) is 9.47 Å². The van der Waals surface area contributed by atoms with Gasteiger partial charge in [0.15, 0.2) is 0 Å². The molecule has 35 heavy (non-hydrogen) atoms. The van der Waals surface area contributed by atoms with Crippen LogP contribution in [0.25, 0.3) is 11.3 Å². The number of para-hydroxylation sites is 1. The molecule has 2 saturated heterocycles. The van der Waals surface area contributed by atoms with Gasteiger partial charge in [-0.1, -0.05) is 12.1 Å². The van der Waals surface area contributed by atoms with Crippen LogP contribution >= 0.6 is 0 Å². The van der Waals surface area contributed by atoms with Crippen molar-refractivity contribution in [2.45, 2.75) is 0 Å². The Bertz CT molecular complexity index is 1170. The molecule has 1 aromatic carbocycles. The molecule has 0 bridgehead atoms. The number of nitro benzene ring substituents is 1. The second kappa shape index (κ2) is 10.4. The molecule has 13 nitrogen and oxygen atoms in total. The predicted molar refractivity (Wildman–Crippen MR) is 128 cm³/mol. The van der Waals surface area contributed by atoms with E-state index in [9.17, 15) is 10.1 Å². The van der Waals surface area contributed by atoms with Gasteiger partial charge in [-0.05, 0) is 18.2 Å². The molecule has 0 spiro atoms. The van der Waals surface area contributed by atoms with E-state index in [4.69, 9.17) is 13.9 Å². The van der Waals surface area contributed by atoms with E-state index < -0.39 is 4.92 Å². The molecule has 5 rings (SSSR count). The first-order valence-electron chi connectivity index (χ1n) is 11.2. The summed E-state index contributed by atoms with van der Waals surface area (Å²) in [7, 11) is 0. The zero-order valence-electron chi connectivity index (χ0n) is 18.9. The van der Waals surface area contributed by atoms with Crippen molar-refractivity contribution in [1.82, 2.24) is 15.0 Å². The average Bonchev–Trinajstić information content (AvgIpc) is 3.38. The summed E-state index contributed by atoms with van der Waals surface area (Å²) in [6, 6.07) is 9.76. The van der Waals surface area contributed by atoms with E-state index in [0.717, 1.165) is 0 Å². The molecule has 0 saturated carbocycles. The first kappa shape index (κ1) is 22.7. The van der Waals surface area contributed by atoms with E-state index in [1.165, 1.54) is 12.3 Å². The smallest absolute Gasteiger partial charge is 0.280 e. The summed E-state index contributed by atoms with van der Waals surface area (Å²) in [6.45, 7) is 5.21. The highest BCUT2D eigenvalue weighted by atomic mass is 16.6. The zero-order valence-corrected chi connectivity index (χ0v) is 18.9. The number of nitrogens with zero attached hydrogens (tertiary/aromatic N) is 7. The molecular formula is C22H24N8O5. The molecule has 13 heteroatoms. The van der Waals surface area contributed by atoms with E-state index in [1.54, 1.807) is 30.3 Å². The van der Waals surface area contributed by atoms with Crippen LogP contribution in [0.5, 0.6) is 0 Å². The summed E-state index contributed by atoms with van der Waals surface area (Å²) < 4.78 is 16.6. The number of ether oxygens (including phenoxy) is 2. The second-order valence-corrected chi connectivity index (χ2v) is 7.80. The van der Waals surface area contributed by atoms with Crippen LogP contribution in [0.15, 0.2) is 45.9 Å². The van der Waals surface area contributed by atoms with Gasteiger partial charge in [0.25, 0.3) is 5.69 Å². The number of hydrogen-bond donors (Lipinski definition) is 1. The lowest BCUT2D eigenvalue weighted by Gasteiger charge is -2.30. The van der Waals surface area contributed by atoms with Gasteiger partial charge >= 0.3 is 0 Å². The number of aromatic nitrogens is 3. The van der Waals surface area contributed by atoms with Gasteiger partial charge in [-0.3, -0.25) is 10.1 Å². The molecule has 0 unspecified atom stereocenters. The van der Waals surface area contributed by atoms with Crippen LogP contribution < -0.4 is 15.2 Å². The van der Waals surface area contributed by atoms with Gasteiger partial charge in [0.2, 0.25) is 17.8 Å². The fraction of sp³-hybridized carbons (Fsp3) is 0.364. The molecule has 0 aliphatic carbocycles. The Balaban J connectivity index is 1.34. The molecule has 0 radical (unpaired) electrons. The monoisotopic (exact) mass is 480 g/mol. The number of nitrogens with one attached hydrogen (secondary N) is 1. The highest BCUT2D eigenvalue weighted by Gasteiger charge is 2.21. The van der Waals surface area contributed by atoms with E-state index in [0.29, 0.717) is 87.5 Å². The Kier molecular flexibility index (Phi) is 6.77. The van der Waals surface area contributed by atoms with Crippen LogP contribution in [0, 0.1) is 10.1 Å². The molecule has 1 N–H and O–H groups in total. The van der Waals surface area contributed by atoms with Crippen molar-refractivity contribution in [3.8, 4) is 11.3 Å². The van der Waals surface area contributed by atoms with Gasteiger partial charge in [0.1, 0.15) is 11.5 Å². The highest BCUT2D eigenvalue weighted by Crippen LogP contribution is 2.30. The topological polar surface area (TPSA) is 144 Å². The summed E-state index contributed by atoms with van der Waals surface area (Å²) in [6.07, 6.45) is 1.46. The van der Waals surface area contributed by atoms with Crippen molar-refractivity contribution < 1.29 is 18.8 Å². The first-order valence-corrected chi connectivity index (χ1v) is 11.2. The lowest BCUT2D eigenvalue weighted by atomic mass is 10.1. The summed E-state index contributed by atoms with van der Waals surface area (Å²) in [5.41, 5.74) is 3.22. The molecule has 4 heterocycles. The second-order valence-electron chi connectivity index (χ2n) is 7.80. The maximum Gasteiger partial charge on any atom is 0.280 e. The quantitative estimate of drug-likeness (QED) is 0.302. The van der Waals surface area contributed by atoms with Crippen LogP contribution in [0.3, 0.4) is 0 Å². The molecular weight excluding hydrogens is 456 g/mol. The van der Waals surface area contributed by atoms with E-state index in [1.807, 2.05) is 0 Å². The van der Waals surface area contributed by atoms with Gasteiger partial charge in [0, 0.05) is 32.2 Å². The maximum absolute atomic E-state index is 11.3. The molecule has 2 aromatic heterocycles. The van der Waals surface area contributed by atoms with E-state index in [2.05, 4.69) is 35.3 Å². The van der Waals surface area contributed by atoms with Crippen molar-refractivity contribution in [2.24, 2.45) is 5.10 Å². The standard InChI is InChI=1S/C22H24N8O5/c31-30(32)18-4-2-1-3-17(18)19-6-5-16(35-19)15-23-27-20-24-21(28-7-11-33-12-8-28)26-22(25-20)29-9-13-34-14-10-29/h1-6,15H,7-14H2,(H,24,25,26,27). The lowest BCUT2D eigenvalue weighted by molar-refractivity contribution is -0.384. The van der Waals surface area contributed by atoms with Crippen LogP contribution in [0.2, 0.25) is 0 Å². The molecule has 2 aliphatic heterocycles. The molecule has 3 aromatic rings. The average molecular weight is 480 g/mol. The lowest BCUT2D eigenvalue weighted by Crippen LogP contribution is -2.40. The third-order valence-electron chi connectivity index (χ3n) is 5.55. The van der Waals surface area contributed by atoms with Crippen molar-refractivity contribution in [3.05, 3.63) is 52.3 Å². The molecule has 2 aliphatic rings. The van der Waals surface area contributed by atoms with Gasteiger partial charge in [-0.2, -0.15) is 20.1 Å². The minimum absolute atomic E-state index is 0.0278. The van der Waals surface area contributed by atoms with Crippen LogP contribution in [0.1, 0.15) is 5.76 Å². The van der Waals surface area contributed by atoms with Crippen LogP contribution in [-0.4, -0.2) is 78.7 Å². The maximum atomic E-state index is 11.3. The summed E-state index contributed by atoms with van der Waals surface area (Å²) in [4.78, 5) is 28.7. The normalized spacial score (nSPS) is 16.6. The molecule has 2 fully saturated rings. The van der Waals surface area contributed by atoms with Crippen molar-refractivity contribution in [3.63, 3.8) is 0 Å². The molecule has 0 amide bonds. The minimum atomic E-state index is -0.438. The van der Waals surface area contributed by atoms with Crippen LogP contribution in [0.4, 0.5) is 23.5 Å². The number of furan rings is 1. The van der Waals surface area contributed by atoms with E-state index in [-0.39, 0.29) is 5.69 Å². The SMILES string of the molecule is O=[N+]([O-])c1ccccc1-c1ccc(C=NNc2nc(N3CCOCC3)nc(N3CCOCC3)n2)o1. The Hall–Kier alpha value is -4.10. The van der Waals surface area contributed by atoms with Crippen molar-refractivity contribution in [2.75, 3.05) is 67.8 Å². The highest BCUT2D eigenvalue weighted by molar-refractivity contribution is 5.79. The third kappa shape index (κ3) is 5.36.